The molecule has 1 saturated carbocycles. The van der Waals surface area contributed by atoms with Crippen molar-refractivity contribution in [3.8, 4) is 11.5 Å². The summed E-state index contributed by atoms with van der Waals surface area (Å²) in [5.74, 6) is 0.874. The lowest BCUT2D eigenvalue weighted by atomic mass is 9.63. The highest BCUT2D eigenvalue weighted by Gasteiger charge is 2.37. The molecule has 1 aliphatic rings. The zero-order chi connectivity index (χ0) is 22.6. The van der Waals surface area contributed by atoms with E-state index >= 15 is 0 Å². The Kier molecular flexibility index (Phi) is 6.79. The molecule has 0 spiro atoms. The first-order chi connectivity index (χ1) is 14.7. The van der Waals surface area contributed by atoms with Crippen molar-refractivity contribution in [1.82, 2.24) is 0 Å². The van der Waals surface area contributed by atoms with Crippen LogP contribution in [0.1, 0.15) is 57.6 Å². The molecule has 0 aliphatic heterocycles. The molecule has 31 heavy (non-hydrogen) atoms. The smallest absolute Gasteiger partial charge is 0.338 e. The van der Waals surface area contributed by atoms with Gasteiger partial charge >= 0.3 is 11.9 Å². The lowest BCUT2D eigenvalue weighted by Gasteiger charge is -2.40. The van der Waals surface area contributed by atoms with E-state index in [-0.39, 0.29) is 5.41 Å². The molecule has 162 valence electrons. The third-order valence-electron chi connectivity index (χ3n) is 6.06. The van der Waals surface area contributed by atoms with Crippen LogP contribution in [0, 0.1) is 5.92 Å². The second-order valence-electron chi connectivity index (χ2n) is 8.65. The average Bonchev–Trinajstić information content (AvgIpc) is 2.75. The molecule has 0 saturated heterocycles. The summed E-state index contributed by atoms with van der Waals surface area (Å²) < 4.78 is 10.7. The van der Waals surface area contributed by atoms with Gasteiger partial charge in [-0.2, -0.15) is 0 Å². The van der Waals surface area contributed by atoms with Crippen molar-refractivity contribution in [2.24, 2.45) is 5.92 Å². The quantitative estimate of drug-likeness (QED) is 0.321. The van der Waals surface area contributed by atoms with Crippen LogP contribution in [0.4, 0.5) is 0 Å². The number of hydrogen-bond acceptors (Lipinski definition) is 4. The Morgan fingerprint density at radius 1 is 0.774 bits per heavy atom. The highest BCUT2D eigenvalue weighted by molar-refractivity contribution is 5.89. The summed E-state index contributed by atoms with van der Waals surface area (Å²) in [6.45, 7) is 12.8. The van der Waals surface area contributed by atoms with Gasteiger partial charge in [-0.05, 0) is 80.8 Å². The summed E-state index contributed by atoms with van der Waals surface area (Å²) >= 11 is 0. The molecule has 4 heteroatoms. The molecule has 3 rings (SSSR count). The lowest BCUT2D eigenvalue weighted by molar-refractivity contribution is -0.130. The predicted octanol–water partition coefficient (Wildman–Crippen LogP) is 6.15. The topological polar surface area (TPSA) is 52.6 Å². The Morgan fingerprint density at radius 2 is 1.13 bits per heavy atom. The molecule has 0 bridgehead atoms. The fourth-order valence-electron chi connectivity index (χ4n) is 4.07. The average molecular weight is 419 g/mol. The van der Waals surface area contributed by atoms with Gasteiger partial charge in [0, 0.05) is 16.6 Å². The summed E-state index contributed by atoms with van der Waals surface area (Å²) in [5.41, 5.74) is 3.01. The SMILES string of the molecule is C=C(C)C(=O)Oc1ccc(C2(c3ccc(OC(=O)C(=C)C)cc3)CCC(C)CC2)cc1. The van der Waals surface area contributed by atoms with Crippen molar-refractivity contribution in [2.75, 3.05) is 0 Å². The van der Waals surface area contributed by atoms with E-state index in [0.29, 0.717) is 28.6 Å². The number of rotatable bonds is 6. The van der Waals surface area contributed by atoms with E-state index in [0.717, 1.165) is 25.7 Å². The van der Waals surface area contributed by atoms with Crippen LogP contribution in [-0.4, -0.2) is 11.9 Å². The minimum absolute atomic E-state index is 0.125. The van der Waals surface area contributed by atoms with E-state index in [1.54, 1.807) is 13.8 Å². The monoisotopic (exact) mass is 418 g/mol. The zero-order valence-corrected chi connectivity index (χ0v) is 18.6. The van der Waals surface area contributed by atoms with E-state index < -0.39 is 11.9 Å². The molecule has 0 N–H and O–H groups in total. The van der Waals surface area contributed by atoms with Crippen molar-refractivity contribution in [2.45, 2.75) is 51.9 Å². The van der Waals surface area contributed by atoms with Gasteiger partial charge in [0.2, 0.25) is 0 Å². The van der Waals surface area contributed by atoms with Crippen LogP contribution in [-0.2, 0) is 15.0 Å². The van der Waals surface area contributed by atoms with E-state index in [1.807, 2.05) is 48.5 Å². The molecule has 0 amide bonds. The number of carbonyl (C=O) groups excluding carboxylic acids is 2. The van der Waals surface area contributed by atoms with E-state index in [9.17, 15) is 9.59 Å². The second kappa shape index (κ2) is 9.34. The maximum Gasteiger partial charge on any atom is 0.338 e. The molecule has 0 aromatic heterocycles. The van der Waals surface area contributed by atoms with Gasteiger partial charge in [0.15, 0.2) is 0 Å². The highest BCUT2D eigenvalue weighted by Crippen LogP contribution is 2.47. The molecule has 0 atom stereocenters. The molecule has 0 unspecified atom stereocenters. The van der Waals surface area contributed by atoms with Gasteiger partial charge in [-0.15, -0.1) is 0 Å². The summed E-state index contributed by atoms with van der Waals surface area (Å²) in [5, 5.41) is 0. The molecule has 0 heterocycles. The Bertz CT molecular complexity index is 901. The third-order valence-corrected chi connectivity index (χ3v) is 6.06. The van der Waals surface area contributed by atoms with Crippen molar-refractivity contribution in [3.63, 3.8) is 0 Å². The van der Waals surface area contributed by atoms with Gasteiger partial charge in [-0.1, -0.05) is 44.3 Å². The highest BCUT2D eigenvalue weighted by atomic mass is 16.5. The van der Waals surface area contributed by atoms with Crippen LogP contribution in [0.15, 0.2) is 72.8 Å². The second-order valence-corrected chi connectivity index (χ2v) is 8.65. The van der Waals surface area contributed by atoms with Gasteiger partial charge in [-0.3, -0.25) is 0 Å². The molecule has 1 aliphatic carbocycles. The minimum atomic E-state index is -0.422. The molecule has 2 aromatic rings. The van der Waals surface area contributed by atoms with Crippen LogP contribution in [0.3, 0.4) is 0 Å². The van der Waals surface area contributed by atoms with Crippen molar-refractivity contribution >= 4 is 11.9 Å². The van der Waals surface area contributed by atoms with E-state index in [1.165, 1.54) is 11.1 Å². The largest absolute Gasteiger partial charge is 0.423 e. The Hall–Kier alpha value is -3.14. The fourth-order valence-corrected chi connectivity index (χ4v) is 4.07. The Morgan fingerprint density at radius 3 is 1.45 bits per heavy atom. The minimum Gasteiger partial charge on any atom is -0.423 e. The molecule has 2 aromatic carbocycles. The number of carbonyl (C=O) groups is 2. The molecule has 1 fully saturated rings. The summed E-state index contributed by atoms with van der Waals surface area (Å²) in [6, 6.07) is 15.6. The van der Waals surface area contributed by atoms with Gasteiger partial charge in [0.05, 0.1) is 0 Å². The van der Waals surface area contributed by atoms with Crippen LogP contribution < -0.4 is 9.47 Å². The van der Waals surface area contributed by atoms with Crippen LogP contribution >= 0.6 is 0 Å². The van der Waals surface area contributed by atoms with Crippen LogP contribution in [0.25, 0.3) is 0 Å². The maximum absolute atomic E-state index is 11.8. The lowest BCUT2D eigenvalue weighted by Crippen LogP contribution is -2.32. The third kappa shape index (κ3) is 5.13. The van der Waals surface area contributed by atoms with Crippen molar-refractivity contribution in [3.05, 3.63) is 84.0 Å². The zero-order valence-electron chi connectivity index (χ0n) is 18.6. The first-order valence-corrected chi connectivity index (χ1v) is 10.7. The summed E-state index contributed by atoms with van der Waals surface area (Å²) in [4.78, 5) is 23.6. The molecular weight excluding hydrogens is 388 g/mol. The van der Waals surface area contributed by atoms with Crippen molar-refractivity contribution < 1.29 is 19.1 Å². The first kappa shape index (κ1) is 22.5. The van der Waals surface area contributed by atoms with E-state index in [4.69, 9.17) is 9.47 Å². The molecule has 4 nitrogen and oxygen atoms in total. The number of hydrogen-bond donors (Lipinski definition) is 0. The molecule has 0 radical (unpaired) electrons. The van der Waals surface area contributed by atoms with Crippen molar-refractivity contribution in [1.29, 1.82) is 0 Å². The molecular formula is C27H30O4. The first-order valence-electron chi connectivity index (χ1n) is 10.7. The summed E-state index contributed by atoms with van der Waals surface area (Å²) in [6.07, 6.45) is 4.34. The van der Waals surface area contributed by atoms with Crippen LogP contribution in [0.2, 0.25) is 0 Å². The number of esters is 2. The van der Waals surface area contributed by atoms with Gasteiger partial charge in [-0.25, -0.2) is 9.59 Å². The number of ether oxygens (including phenoxy) is 2. The van der Waals surface area contributed by atoms with Gasteiger partial charge < -0.3 is 9.47 Å². The Labute approximate surface area is 184 Å². The van der Waals surface area contributed by atoms with Crippen LogP contribution in [0.5, 0.6) is 11.5 Å². The summed E-state index contributed by atoms with van der Waals surface area (Å²) in [7, 11) is 0. The maximum atomic E-state index is 11.8. The predicted molar refractivity (Wildman–Crippen MR) is 122 cm³/mol. The van der Waals surface area contributed by atoms with Gasteiger partial charge in [0.1, 0.15) is 11.5 Å². The number of benzene rings is 2. The normalized spacial score (nSPS) is 15.7. The van der Waals surface area contributed by atoms with Gasteiger partial charge in [0.25, 0.3) is 0 Å². The Balaban J connectivity index is 1.90. The van der Waals surface area contributed by atoms with E-state index in [2.05, 4.69) is 20.1 Å². The fraction of sp³-hybridized carbons (Fsp3) is 0.333. The standard InChI is InChI=1S/C27H30O4/c1-18(2)25(28)30-23-10-6-21(7-11-23)27(16-14-20(5)15-17-27)22-8-12-24(13-9-22)31-26(29)19(3)4/h6-13,20H,1,3,14-17H2,2,4-5H3.